The number of hydrogen-bond donors (Lipinski definition) is 1. The highest BCUT2D eigenvalue weighted by atomic mass is 35.5. The first kappa shape index (κ1) is 21.8. The summed E-state index contributed by atoms with van der Waals surface area (Å²) in [6, 6.07) is 3.36. The summed E-state index contributed by atoms with van der Waals surface area (Å²) in [5.74, 6) is 0.261. The van der Waals surface area contributed by atoms with Gasteiger partial charge in [0, 0.05) is 12.1 Å². The molecule has 1 aromatic carbocycles. The van der Waals surface area contributed by atoms with Gasteiger partial charge in [0.2, 0.25) is 0 Å². The summed E-state index contributed by atoms with van der Waals surface area (Å²) in [6.45, 7) is 7.86. The van der Waals surface area contributed by atoms with Crippen LogP contribution in [0.4, 0.5) is 0 Å². The van der Waals surface area contributed by atoms with E-state index in [1.54, 1.807) is 12.1 Å². The highest BCUT2D eigenvalue weighted by Gasteiger charge is 2.13. The molecule has 0 heterocycles. The zero-order valence-corrected chi connectivity index (χ0v) is 16.6. The Morgan fingerprint density at radius 3 is 2.54 bits per heavy atom. The van der Waals surface area contributed by atoms with Gasteiger partial charge in [0.25, 0.3) is 5.91 Å². The molecule has 1 N–H and O–H groups in total. The van der Waals surface area contributed by atoms with Crippen LogP contribution in [0, 0.1) is 5.92 Å². The van der Waals surface area contributed by atoms with E-state index in [1.165, 1.54) is 19.3 Å². The van der Waals surface area contributed by atoms with Gasteiger partial charge in [0.05, 0.1) is 18.7 Å². The average Bonchev–Trinajstić information content (AvgIpc) is 2.58. The number of esters is 1. The third kappa shape index (κ3) is 6.96. The molecule has 26 heavy (non-hydrogen) atoms. The molecule has 1 amide bonds. The summed E-state index contributed by atoms with van der Waals surface area (Å²) in [6.07, 6.45) is 2.76. The summed E-state index contributed by atoms with van der Waals surface area (Å²) in [7, 11) is 1.50. The number of methoxy groups -OCH3 is 1. The zero-order valence-electron chi connectivity index (χ0n) is 15.8. The maximum Gasteiger partial charge on any atom is 0.331 e. The minimum absolute atomic E-state index is 0.00942. The van der Waals surface area contributed by atoms with Crippen molar-refractivity contribution < 1.29 is 23.8 Å². The Labute approximate surface area is 159 Å². The molecule has 0 radical (unpaired) electrons. The molecule has 7 heteroatoms. The molecule has 0 aliphatic rings. The van der Waals surface area contributed by atoms with Crippen LogP contribution in [-0.4, -0.2) is 38.2 Å². The SMILES string of the molecule is CCOc1cc(/C=C/C(=O)OCC(=O)N[C@H](C)C(C)C)cc(Cl)c1OC. The minimum atomic E-state index is -0.623. The largest absolute Gasteiger partial charge is 0.491 e. The van der Waals surface area contributed by atoms with Crippen LogP contribution < -0.4 is 14.8 Å². The summed E-state index contributed by atoms with van der Waals surface area (Å²) < 4.78 is 15.6. The maximum atomic E-state index is 11.8. The van der Waals surface area contributed by atoms with Crippen molar-refractivity contribution >= 4 is 29.6 Å². The van der Waals surface area contributed by atoms with E-state index in [9.17, 15) is 9.59 Å². The highest BCUT2D eigenvalue weighted by molar-refractivity contribution is 6.32. The van der Waals surface area contributed by atoms with E-state index in [4.69, 9.17) is 25.8 Å². The lowest BCUT2D eigenvalue weighted by Gasteiger charge is -2.17. The van der Waals surface area contributed by atoms with E-state index in [2.05, 4.69) is 5.32 Å². The van der Waals surface area contributed by atoms with E-state index in [1.807, 2.05) is 27.7 Å². The van der Waals surface area contributed by atoms with E-state index in [0.717, 1.165) is 0 Å². The van der Waals surface area contributed by atoms with Gasteiger partial charge in [-0.3, -0.25) is 4.79 Å². The van der Waals surface area contributed by atoms with E-state index < -0.39 is 5.97 Å². The molecular formula is C19H26ClNO5. The Bertz CT molecular complexity index is 658. The molecule has 0 saturated carbocycles. The van der Waals surface area contributed by atoms with Gasteiger partial charge in [-0.15, -0.1) is 0 Å². The zero-order chi connectivity index (χ0) is 19.7. The first-order chi connectivity index (χ1) is 12.3. The number of benzene rings is 1. The molecule has 144 valence electrons. The molecule has 0 bridgehead atoms. The third-order valence-corrected chi connectivity index (χ3v) is 3.96. The normalized spacial score (nSPS) is 12.1. The lowest BCUT2D eigenvalue weighted by molar-refractivity contribution is -0.144. The molecule has 0 aromatic heterocycles. The van der Waals surface area contributed by atoms with Crippen LogP contribution in [0.15, 0.2) is 18.2 Å². The molecule has 0 unspecified atom stereocenters. The summed E-state index contributed by atoms with van der Waals surface area (Å²) >= 11 is 6.15. The first-order valence-corrected chi connectivity index (χ1v) is 8.80. The van der Waals surface area contributed by atoms with Gasteiger partial charge in [0.1, 0.15) is 0 Å². The van der Waals surface area contributed by atoms with Gasteiger partial charge < -0.3 is 19.5 Å². The fourth-order valence-electron chi connectivity index (χ4n) is 1.96. The number of carbonyl (C=O) groups is 2. The molecule has 0 aliphatic heterocycles. The predicted molar refractivity (Wildman–Crippen MR) is 102 cm³/mol. The molecule has 1 rings (SSSR count). The average molecular weight is 384 g/mol. The number of nitrogens with one attached hydrogen (secondary N) is 1. The quantitative estimate of drug-likeness (QED) is 0.522. The number of hydrogen-bond acceptors (Lipinski definition) is 5. The number of rotatable bonds is 9. The van der Waals surface area contributed by atoms with E-state index >= 15 is 0 Å². The van der Waals surface area contributed by atoms with Gasteiger partial charge in [-0.1, -0.05) is 25.4 Å². The topological polar surface area (TPSA) is 73.9 Å². The highest BCUT2D eigenvalue weighted by Crippen LogP contribution is 2.36. The van der Waals surface area contributed by atoms with Crippen LogP contribution in [0.2, 0.25) is 5.02 Å². The van der Waals surface area contributed by atoms with Gasteiger partial charge in [0.15, 0.2) is 18.1 Å². The second kappa shape index (κ2) is 10.7. The standard InChI is InChI=1S/C19H26ClNO5/c1-6-25-16-10-14(9-15(20)19(16)24-5)7-8-18(23)26-11-17(22)21-13(4)12(2)3/h7-10,12-13H,6,11H2,1-5H3,(H,21,22)/b8-7+/t13-/m1/s1. The van der Waals surface area contributed by atoms with Crippen molar-refractivity contribution in [2.45, 2.75) is 33.7 Å². The Hall–Kier alpha value is -2.21. The van der Waals surface area contributed by atoms with Crippen LogP contribution in [0.1, 0.15) is 33.3 Å². The van der Waals surface area contributed by atoms with Crippen molar-refractivity contribution in [1.82, 2.24) is 5.32 Å². The molecule has 6 nitrogen and oxygen atoms in total. The number of ether oxygens (including phenoxy) is 3. The third-order valence-electron chi connectivity index (χ3n) is 3.68. The predicted octanol–water partition coefficient (Wildman–Crippen LogP) is 3.46. The number of halogens is 1. The van der Waals surface area contributed by atoms with Crippen molar-refractivity contribution in [3.8, 4) is 11.5 Å². The van der Waals surface area contributed by atoms with Crippen molar-refractivity contribution in [2.75, 3.05) is 20.3 Å². The minimum Gasteiger partial charge on any atom is -0.491 e. The van der Waals surface area contributed by atoms with Crippen LogP contribution in [0.25, 0.3) is 6.08 Å². The molecular weight excluding hydrogens is 358 g/mol. The van der Waals surface area contributed by atoms with E-state index in [-0.39, 0.29) is 18.6 Å². The molecule has 0 spiro atoms. The van der Waals surface area contributed by atoms with Gasteiger partial charge in [-0.25, -0.2) is 4.79 Å². The monoisotopic (exact) mass is 383 g/mol. The molecule has 0 aliphatic carbocycles. The van der Waals surface area contributed by atoms with Gasteiger partial charge >= 0.3 is 5.97 Å². The van der Waals surface area contributed by atoms with Crippen LogP contribution >= 0.6 is 11.6 Å². The van der Waals surface area contributed by atoms with Crippen molar-refractivity contribution in [3.05, 3.63) is 28.8 Å². The molecule has 0 saturated heterocycles. The van der Waals surface area contributed by atoms with Crippen molar-refractivity contribution in [1.29, 1.82) is 0 Å². The Morgan fingerprint density at radius 1 is 1.27 bits per heavy atom. The van der Waals surface area contributed by atoms with Crippen LogP contribution in [0.3, 0.4) is 0 Å². The van der Waals surface area contributed by atoms with Crippen molar-refractivity contribution in [3.63, 3.8) is 0 Å². The lowest BCUT2D eigenvalue weighted by atomic mass is 10.1. The molecule has 1 aromatic rings. The fraction of sp³-hybridized carbons (Fsp3) is 0.474. The van der Waals surface area contributed by atoms with Crippen LogP contribution in [0.5, 0.6) is 11.5 Å². The second-order valence-corrected chi connectivity index (χ2v) is 6.42. The molecule has 1 atom stereocenters. The lowest BCUT2D eigenvalue weighted by Crippen LogP contribution is -2.38. The summed E-state index contributed by atoms with van der Waals surface area (Å²) in [5, 5.41) is 3.13. The molecule has 0 fully saturated rings. The summed E-state index contributed by atoms with van der Waals surface area (Å²) in [5.41, 5.74) is 0.647. The second-order valence-electron chi connectivity index (χ2n) is 6.01. The Kier molecular flexibility index (Phi) is 8.99. The summed E-state index contributed by atoms with van der Waals surface area (Å²) in [4.78, 5) is 23.5. The maximum absolute atomic E-state index is 11.8. The van der Waals surface area contributed by atoms with Crippen LogP contribution in [-0.2, 0) is 14.3 Å². The fourth-order valence-corrected chi connectivity index (χ4v) is 2.25. The van der Waals surface area contributed by atoms with Gasteiger partial charge in [-0.2, -0.15) is 0 Å². The number of carbonyl (C=O) groups excluding carboxylic acids is 2. The van der Waals surface area contributed by atoms with Crippen molar-refractivity contribution in [2.24, 2.45) is 5.92 Å². The smallest absolute Gasteiger partial charge is 0.331 e. The Morgan fingerprint density at radius 2 is 1.96 bits per heavy atom. The Balaban J connectivity index is 2.66. The van der Waals surface area contributed by atoms with Gasteiger partial charge in [-0.05, 0) is 43.5 Å². The first-order valence-electron chi connectivity index (χ1n) is 8.43. The van der Waals surface area contributed by atoms with E-state index in [0.29, 0.717) is 34.6 Å². The number of amides is 1.